The zero-order valence-corrected chi connectivity index (χ0v) is 13.4. The zero-order valence-electron chi connectivity index (χ0n) is 13.4. The van der Waals surface area contributed by atoms with Gasteiger partial charge in [0.05, 0.1) is 11.9 Å². The SMILES string of the molecule is Cc1cc(F)ccc1-n1cc(C(=O)NC2CCC(=O)NC2C)nn1. The molecule has 0 bridgehead atoms. The summed E-state index contributed by atoms with van der Waals surface area (Å²) < 4.78 is 14.6. The number of aromatic nitrogens is 3. The minimum Gasteiger partial charge on any atom is -0.352 e. The highest BCUT2D eigenvalue weighted by Crippen LogP contribution is 2.15. The summed E-state index contributed by atoms with van der Waals surface area (Å²) in [7, 11) is 0. The van der Waals surface area contributed by atoms with Gasteiger partial charge >= 0.3 is 0 Å². The topological polar surface area (TPSA) is 88.9 Å². The Hall–Kier alpha value is -2.77. The van der Waals surface area contributed by atoms with Gasteiger partial charge in [-0.3, -0.25) is 9.59 Å². The molecule has 24 heavy (non-hydrogen) atoms. The Morgan fingerprint density at radius 1 is 1.46 bits per heavy atom. The van der Waals surface area contributed by atoms with Gasteiger partial charge in [0.2, 0.25) is 5.91 Å². The maximum absolute atomic E-state index is 13.2. The van der Waals surface area contributed by atoms with Crippen LogP contribution in [0.5, 0.6) is 0 Å². The molecule has 0 saturated carbocycles. The van der Waals surface area contributed by atoms with Gasteiger partial charge in [-0.2, -0.15) is 0 Å². The van der Waals surface area contributed by atoms with Crippen LogP contribution < -0.4 is 10.6 Å². The summed E-state index contributed by atoms with van der Waals surface area (Å²) in [6, 6.07) is 4.02. The molecule has 3 rings (SSSR count). The van der Waals surface area contributed by atoms with Gasteiger partial charge in [-0.25, -0.2) is 9.07 Å². The molecule has 0 aliphatic carbocycles. The molecule has 8 heteroatoms. The average Bonchev–Trinajstić information content (AvgIpc) is 3.00. The van der Waals surface area contributed by atoms with E-state index >= 15 is 0 Å². The second kappa shape index (κ2) is 6.38. The fourth-order valence-corrected chi connectivity index (χ4v) is 2.76. The maximum atomic E-state index is 13.2. The van der Waals surface area contributed by atoms with Crippen molar-refractivity contribution in [3.05, 3.63) is 41.5 Å². The molecular weight excluding hydrogens is 313 g/mol. The molecule has 1 saturated heterocycles. The molecule has 2 heterocycles. The van der Waals surface area contributed by atoms with Crippen molar-refractivity contribution in [3.8, 4) is 5.69 Å². The summed E-state index contributed by atoms with van der Waals surface area (Å²) in [5, 5.41) is 13.5. The Morgan fingerprint density at radius 2 is 2.25 bits per heavy atom. The number of amides is 2. The lowest BCUT2D eigenvalue weighted by atomic mass is 9.99. The molecule has 2 unspecified atom stereocenters. The van der Waals surface area contributed by atoms with Gasteiger partial charge in [0.1, 0.15) is 5.82 Å². The number of rotatable bonds is 3. The predicted molar refractivity (Wildman–Crippen MR) is 84.1 cm³/mol. The normalized spacial score (nSPS) is 20.5. The quantitative estimate of drug-likeness (QED) is 0.882. The molecule has 2 amide bonds. The van der Waals surface area contributed by atoms with Crippen LogP contribution in [0.25, 0.3) is 5.69 Å². The highest BCUT2D eigenvalue weighted by molar-refractivity contribution is 5.92. The first kappa shape index (κ1) is 16.1. The van der Waals surface area contributed by atoms with Gasteiger partial charge in [-0.05, 0) is 44.0 Å². The first-order chi connectivity index (χ1) is 11.4. The molecule has 126 valence electrons. The number of halogens is 1. The fourth-order valence-electron chi connectivity index (χ4n) is 2.76. The van der Waals surface area contributed by atoms with Crippen LogP contribution in [0.15, 0.2) is 24.4 Å². The monoisotopic (exact) mass is 331 g/mol. The van der Waals surface area contributed by atoms with E-state index in [4.69, 9.17) is 0 Å². The number of piperidine rings is 1. The minimum absolute atomic E-state index is 0.00858. The highest BCUT2D eigenvalue weighted by Gasteiger charge is 2.27. The van der Waals surface area contributed by atoms with Crippen molar-refractivity contribution in [2.75, 3.05) is 0 Å². The van der Waals surface area contributed by atoms with Crippen molar-refractivity contribution >= 4 is 11.8 Å². The number of hydrogen-bond acceptors (Lipinski definition) is 4. The Labute approximate surface area is 138 Å². The third kappa shape index (κ3) is 3.27. The van der Waals surface area contributed by atoms with Crippen LogP contribution in [0.3, 0.4) is 0 Å². The second-order valence-electron chi connectivity index (χ2n) is 5.95. The summed E-state index contributed by atoms with van der Waals surface area (Å²) >= 11 is 0. The smallest absolute Gasteiger partial charge is 0.273 e. The van der Waals surface area contributed by atoms with E-state index in [1.165, 1.54) is 23.0 Å². The number of benzene rings is 1. The van der Waals surface area contributed by atoms with Crippen LogP contribution in [-0.2, 0) is 4.79 Å². The van der Waals surface area contributed by atoms with Gasteiger partial charge in [0.25, 0.3) is 5.91 Å². The van der Waals surface area contributed by atoms with E-state index in [0.717, 1.165) is 0 Å². The molecule has 1 aliphatic heterocycles. The predicted octanol–water partition coefficient (Wildman–Crippen LogP) is 1.11. The molecule has 2 aromatic rings. The lowest BCUT2D eigenvalue weighted by Crippen LogP contribution is -2.54. The third-order valence-corrected chi connectivity index (χ3v) is 4.12. The molecule has 0 radical (unpaired) electrons. The third-order valence-electron chi connectivity index (χ3n) is 4.12. The second-order valence-corrected chi connectivity index (χ2v) is 5.95. The molecule has 2 atom stereocenters. The minimum atomic E-state index is -0.353. The van der Waals surface area contributed by atoms with Gasteiger partial charge in [0.15, 0.2) is 5.69 Å². The Kier molecular flexibility index (Phi) is 4.28. The van der Waals surface area contributed by atoms with Crippen molar-refractivity contribution in [3.63, 3.8) is 0 Å². The van der Waals surface area contributed by atoms with E-state index < -0.39 is 0 Å². The lowest BCUT2D eigenvalue weighted by Gasteiger charge is -2.29. The van der Waals surface area contributed by atoms with E-state index in [9.17, 15) is 14.0 Å². The average molecular weight is 331 g/mol. The summed E-state index contributed by atoms with van der Waals surface area (Å²) in [6.07, 6.45) is 2.47. The highest BCUT2D eigenvalue weighted by atomic mass is 19.1. The van der Waals surface area contributed by atoms with Crippen LogP contribution in [0, 0.1) is 12.7 Å². The van der Waals surface area contributed by atoms with Crippen molar-refractivity contribution in [1.82, 2.24) is 25.6 Å². The summed E-state index contributed by atoms with van der Waals surface area (Å²) in [6.45, 7) is 3.60. The molecule has 0 spiro atoms. The zero-order chi connectivity index (χ0) is 17.3. The van der Waals surface area contributed by atoms with Crippen molar-refractivity contribution in [2.24, 2.45) is 0 Å². The number of aryl methyl sites for hydroxylation is 1. The largest absolute Gasteiger partial charge is 0.352 e. The molecular formula is C16H18FN5O2. The number of carbonyl (C=O) groups excluding carboxylic acids is 2. The number of nitrogens with one attached hydrogen (secondary N) is 2. The number of carbonyl (C=O) groups is 2. The van der Waals surface area contributed by atoms with Gasteiger partial charge < -0.3 is 10.6 Å². The molecule has 2 N–H and O–H groups in total. The summed E-state index contributed by atoms with van der Waals surface area (Å²) in [5.41, 5.74) is 1.51. The molecule has 1 fully saturated rings. The van der Waals surface area contributed by atoms with Gasteiger partial charge in [-0.15, -0.1) is 5.10 Å². The van der Waals surface area contributed by atoms with Crippen LogP contribution in [-0.4, -0.2) is 38.9 Å². The van der Waals surface area contributed by atoms with Crippen LogP contribution in [0.4, 0.5) is 4.39 Å². The lowest BCUT2D eigenvalue weighted by molar-refractivity contribution is -0.123. The van der Waals surface area contributed by atoms with Crippen LogP contribution in [0.1, 0.15) is 35.8 Å². The van der Waals surface area contributed by atoms with E-state index in [1.54, 1.807) is 13.0 Å². The van der Waals surface area contributed by atoms with E-state index in [-0.39, 0.29) is 35.4 Å². The Morgan fingerprint density at radius 3 is 2.96 bits per heavy atom. The van der Waals surface area contributed by atoms with Crippen LogP contribution >= 0.6 is 0 Å². The van der Waals surface area contributed by atoms with Crippen molar-refractivity contribution in [2.45, 2.75) is 38.8 Å². The van der Waals surface area contributed by atoms with E-state index in [2.05, 4.69) is 20.9 Å². The van der Waals surface area contributed by atoms with Gasteiger partial charge in [0, 0.05) is 18.5 Å². The van der Waals surface area contributed by atoms with E-state index in [1.807, 2.05) is 6.92 Å². The summed E-state index contributed by atoms with van der Waals surface area (Å²) in [4.78, 5) is 23.6. The molecule has 7 nitrogen and oxygen atoms in total. The maximum Gasteiger partial charge on any atom is 0.273 e. The molecule has 1 aliphatic rings. The Bertz CT molecular complexity index is 789. The Balaban J connectivity index is 1.73. The van der Waals surface area contributed by atoms with Crippen molar-refractivity contribution in [1.29, 1.82) is 0 Å². The molecule has 1 aromatic heterocycles. The summed E-state index contributed by atoms with van der Waals surface area (Å²) in [5.74, 6) is -0.692. The first-order valence-electron chi connectivity index (χ1n) is 7.73. The number of hydrogen-bond donors (Lipinski definition) is 2. The standard InChI is InChI=1S/C16H18FN5O2/c1-9-7-11(17)3-5-14(9)22-8-13(20-21-22)16(24)19-12-4-6-15(23)18-10(12)2/h3,5,7-8,10,12H,4,6H2,1-2H3,(H,18,23)(H,19,24). The van der Waals surface area contributed by atoms with Crippen molar-refractivity contribution < 1.29 is 14.0 Å². The first-order valence-corrected chi connectivity index (χ1v) is 7.73. The van der Waals surface area contributed by atoms with Gasteiger partial charge in [-0.1, -0.05) is 5.21 Å². The fraction of sp³-hybridized carbons (Fsp3) is 0.375. The van der Waals surface area contributed by atoms with E-state index in [0.29, 0.717) is 24.1 Å². The number of nitrogens with zero attached hydrogens (tertiary/aromatic N) is 3. The van der Waals surface area contributed by atoms with Crippen LogP contribution in [0.2, 0.25) is 0 Å². The molecule has 1 aromatic carbocycles.